The molecule has 4 rings (SSSR count). The first-order valence-corrected chi connectivity index (χ1v) is 10.7. The molecule has 1 saturated carbocycles. The molecule has 0 aliphatic heterocycles. The van der Waals surface area contributed by atoms with Crippen LogP contribution in [0.4, 0.5) is 5.69 Å². The Hall–Kier alpha value is -2.14. The van der Waals surface area contributed by atoms with E-state index in [1.54, 1.807) is 4.90 Å². The highest BCUT2D eigenvalue weighted by molar-refractivity contribution is 7.14. The predicted octanol–water partition coefficient (Wildman–Crippen LogP) is 4.25. The molecule has 142 valence electrons. The van der Waals surface area contributed by atoms with Gasteiger partial charge in [-0.1, -0.05) is 18.9 Å². The Kier molecular flexibility index (Phi) is 5.30. The Morgan fingerprint density at radius 3 is 2.59 bits per heavy atom. The molecule has 2 aliphatic carbocycles. The summed E-state index contributed by atoms with van der Waals surface area (Å²) in [5, 5.41) is 3.11. The van der Waals surface area contributed by atoms with Gasteiger partial charge in [-0.2, -0.15) is 0 Å². The highest BCUT2D eigenvalue weighted by Gasteiger charge is 2.25. The molecule has 0 atom stereocenters. The van der Waals surface area contributed by atoms with Crippen LogP contribution in [0.2, 0.25) is 0 Å². The molecule has 0 radical (unpaired) electrons. The number of carbonyl (C=O) groups excluding carboxylic acids is 2. The van der Waals surface area contributed by atoms with Crippen LogP contribution in [0.3, 0.4) is 0 Å². The van der Waals surface area contributed by atoms with Gasteiger partial charge in [0.25, 0.3) is 5.91 Å². The van der Waals surface area contributed by atoms with Crippen LogP contribution in [0.15, 0.2) is 30.3 Å². The number of fused-ring (bicyclic) bond motifs is 1. The number of rotatable bonds is 5. The molecule has 0 unspecified atom stereocenters. The van der Waals surface area contributed by atoms with Crippen molar-refractivity contribution in [3.8, 4) is 0 Å². The summed E-state index contributed by atoms with van der Waals surface area (Å²) in [5.74, 6) is -0.156. The van der Waals surface area contributed by atoms with E-state index < -0.39 is 0 Å². The molecule has 27 heavy (non-hydrogen) atoms. The largest absolute Gasteiger partial charge is 0.352 e. The third-order valence-electron chi connectivity index (χ3n) is 5.61. The van der Waals surface area contributed by atoms with E-state index in [0.29, 0.717) is 4.88 Å². The zero-order chi connectivity index (χ0) is 18.8. The molecule has 0 spiro atoms. The molecule has 0 saturated heterocycles. The second-order valence-electron chi connectivity index (χ2n) is 7.66. The average Bonchev–Trinajstić information content (AvgIpc) is 3.40. The zero-order valence-electron chi connectivity index (χ0n) is 15.8. The number of hydrogen-bond acceptors (Lipinski definition) is 3. The maximum Gasteiger partial charge on any atom is 0.268 e. The number of thiophene rings is 1. The van der Waals surface area contributed by atoms with Crippen molar-refractivity contribution < 1.29 is 9.59 Å². The molecular weight excluding hydrogens is 356 g/mol. The summed E-state index contributed by atoms with van der Waals surface area (Å²) in [6.07, 6.45) is 7.76. The van der Waals surface area contributed by atoms with E-state index in [2.05, 4.69) is 17.4 Å². The summed E-state index contributed by atoms with van der Waals surface area (Å²) >= 11 is 1.48. The maximum absolute atomic E-state index is 13.2. The van der Waals surface area contributed by atoms with Gasteiger partial charge in [0.1, 0.15) is 6.54 Å². The lowest BCUT2D eigenvalue weighted by molar-refractivity contribution is -0.120. The van der Waals surface area contributed by atoms with Gasteiger partial charge in [-0.15, -0.1) is 11.3 Å². The van der Waals surface area contributed by atoms with Crippen molar-refractivity contribution in [3.63, 3.8) is 0 Å². The molecule has 1 fully saturated rings. The van der Waals surface area contributed by atoms with Crippen LogP contribution >= 0.6 is 11.3 Å². The molecule has 2 aromatic rings. The van der Waals surface area contributed by atoms with Crippen LogP contribution in [0.25, 0.3) is 0 Å². The van der Waals surface area contributed by atoms with Crippen molar-refractivity contribution in [3.05, 3.63) is 51.2 Å². The van der Waals surface area contributed by atoms with Crippen LogP contribution in [0, 0.1) is 6.92 Å². The number of carbonyl (C=O) groups is 2. The standard InChI is InChI=1S/C22H26N2O2S/c1-15-9-12-20(27-15)22(26)24(14-21(25)23-18-7-2-3-8-18)19-11-10-16-5-4-6-17(16)13-19/h9-13,18H,2-8,14H2,1H3,(H,23,25). The van der Waals surface area contributed by atoms with Crippen molar-refractivity contribution in [2.75, 3.05) is 11.4 Å². The third kappa shape index (κ3) is 4.08. The van der Waals surface area contributed by atoms with Gasteiger partial charge in [0.05, 0.1) is 4.88 Å². The van der Waals surface area contributed by atoms with Gasteiger partial charge in [0, 0.05) is 16.6 Å². The lowest BCUT2D eigenvalue weighted by atomic mass is 10.1. The minimum Gasteiger partial charge on any atom is -0.352 e. The SMILES string of the molecule is Cc1ccc(C(=O)N(CC(=O)NC2CCCC2)c2ccc3c(c2)CCC3)s1. The fourth-order valence-corrected chi connectivity index (χ4v) is 4.99. The fraction of sp³-hybridized carbons (Fsp3) is 0.455. The molecular formula is C22H26N2O2S. The number of nitrogens with zero attached hydrogens (tertiary/aromatic N) is 1. The quantitative estimate of drug-likeness (QED) is 0.840. The minimum atomic E-state index is -0.0902. The third-order valence-corrected chi connectivity index (χ3v) is 6.60. The summed E-state index contributed by atoms with van der Waals surface area (Å²) in [4.78, 5) is 29.3. The second-order valence-corrected chi connectivity index (χ2v) is 8.94. The first-order valence-electron chi connectivity index (χ1n) is 9.89. The van der Waals surface area contributed by atoms with Crippen molar-refractivity contribution in [2.24, 2.45) is 0 Å². The smallest absolute Gasteiger partial charge is 0.268 e. The van der Waals surface area contributed by atoms with E-state index in [9.17, 15) is 9.59 Å². The fourth-order valence-electron chi connectivity index (χ4n) is 4.18. The Bertz CT molecular complexity index is 852. The van der Waals surface area contributed by atoms with Crippen LogP contribution < -0.4 is 10.2 Å². The van der Waals surface area contributed by atoms with E-state index in [-0.39, 0.29) is 24.4 Å². The summed E-state index contributed by atoms with van der Waals surface area (Å²) in [5.41, 5.74) is 3.51. The Morgan fingerprint density at radius 2 is 1.85 bits per heavy atom. The highest BCUT2D eigenvalue weighted by atomic mass is 32.1. The monoisotopic (exact) mass is 382 g/mol. The number of aryl methyl sites for hydroxylation is 3. The van der Waals surface area contributed by atoms with E-state index in [1.807, 2.05) is 25.1 Å². The van der Waals surface area contributed by atoms with Crippen molar-refractivity contribution in [1.29, 1.82) is 0 Å². The first kappa shape index (κ1) is 18.2. The molecule has 1 N–H and O–H groups in total. The van der Waals surface area contributed by atoms with Crippen molar-refractivity contribution in [2.45, 2.75) is 57.9 Å². The van der Waals surface area contributed by atoms with E-state index in [1.165, 1.54) is 41.7 Å². The second kappa shape index (κ2) is 7.85. The Morgan fingerprint density at radius 1 is 1.07 bits per heavy atom. The molecule has 1 heterocycles. The van der Waals surface area contributed by atoms with Gasteiger partial charge >= 0.3 is 0 Å². The van der Waals surface area contributed by atoms with Crippen LogP contribution in [0.1, 0.15) is 57.8 Å². The van der Waals surface area contributed by atoms with Crippen molar-refractivity contribution in [1.82, 2.24) is 5.32 Å². The summed E-state index contributed by atoms with van der Waals surface area (Å²) in [6, 6.07) is 10.3. The molecule has 1 aromatic heterocycles. The van der Waals surface area contributed by atoms with Gasteiger partial charge in [-0.3, -0.25) is 14.5 Å². The van der Waals surface area contributed by atoms with Crippen LogP contribution in [-0.2, 0) is 17.6 Å². The van der Waals surface area contributed by atoms with E-state index in [0.717, 1.165) is 36.2 Å². The minimum absolute atomic E-state index is 0.0657. The topological polar surface area (TPSA) is 49.4 Å². The average molecular weight is 383 g/mol. The first-order chi connectivity index (χ1) is 13.1. The molecule has 5 heteroatoms. The lowest BCUT2D eigenvalue weighted by Crippen LogP contribution is -2.43. The summed E-state index contributed by atoms with van der Waals surface area (Å²) < 4.78 is 0. The van der Waals surface area contributed by atoms with Crippen LogP contribution in [-0.4, -0.2) is 24.4 Å². The summed E-state index contributed by atoms with van der Waals surface area (Å²) in [6.45, 7) is 2.07. The van der Waals surface area contributed by atoms with E-state index >= 15 is 0 Å². The Balaban J connectivity index is 1.58. The van der Waals surface area contributed by atoms with Crippen LogP contribution in [0.5, 0.6) is 0 Å². The number of benzene rings is 1. The van der Waals surface area contributed by atoms with Crippen molar-refractivity contribution >= 4 is 28.8 Å². The number of nitrogens with one attached hydrogen (secondary N) is 1. The molecule has 4 nitrogen and oxygen atoms in total. The van der Waals surface area contributed by atoms with Gasteiger partial charge < -0.3 is 5.32 Å². The van der Waals surface area contributed by atoms with E-state index in [4.69, 9.17) is 0 Å². The number of anilines is 1. The molecule has 2 aliphatic rings. The molecule has 1 aromatic carbocycles. The lowest BCUT2D eigenvalue weighted by Gasteiger charge is -2.23. The number of hydrogen-bond donors (Lipinski definition) is 1. The Labute approximate surface area is 164 Å². The number of amides is 2. The summed E-state index contributed by atoms with van der Waals surface area (Å²) in [7, 11) is 0. The predicted molar refractivity (Wildman–Crippen MR) is 110 cm³/mol. The van der Waals surface area contributed by atoms with Gasteiger partial charge in [-0.05, 0) is 74.4 Å². The molecule has 0 bridgehead atoms. The van der Waals surface area contributed by atoms with Gasteiger partial charge in [-0.25, -0.2) is 0 Å². The zero-order valence-corrected chi connectivity index (χ0v) is 16.6. The van der Waals surface area contributed by atoms with Gasteiger partial charge in [0.15, 0.2) is 0 Å². The highest BCUT2D eigenvalue weighted by Crippen LogP contribution is 2.29. The normalized spacial score (nSPS) is 16.3. The maximum atomic E-state index is 13.2. The molecule has 2 amide bonds. The van der Waals surface area contributed by atoms with Gasteiger partial charge in [0.2, 0.25) is 5.91 Å².